The summed E-state index contributed by atoms with van der Waals surface area (Å²) in [6.45, 7) is 3.80. The fourth-order valence-corrected chi connectivity index (χ4v) is 1.89. The van der Waals surface area contributed by atoms with Crippen molar-refractivity contribution >= 4 is 23.5 Å². The van der Waals surface area contributed by atoms with Gasteiger partial charge in [0.15, 0.2) is 0 Å². The first kappa shape index (κ1) is 19.4. The molecule has 1 rings (SSSR count). The number of carbonyl (C=O) groups is 3. The molecule has 0 aliphatic rings. The van der Waals surface area contributed by atoms with Crippen LogP contribution in [0.15, 0.2) is 24.3 Å². The van der Waals surface area contributed by atoms with E-state index in [1.54, 1.807) is 57.2 Å². The van der Waals surface area contributed by atoms with E-state index in [0.717, 1.165) is 0 Å². The predicted molar refractivity (Wildman–Crippen MR) is 90.9 cm³/mol. The Morgan fingerprint density at radius 1 is 1.29 bits per heavy atom. The number of amides is 4. The summed E-state index contributed by atoms with van der Waals surface area (Å²) in [7, 11) is 3.18. The average molecular weight is 336 g/mol. The number of nitrogens with one attached hydrogen (secondary N) is 3. The van der Waals surface area contributed by atoms with Crippen LogP contribution in [0.25, 0.3) is 0 Å². The van der Waals surface area contributed by atoms with Crippen molar-refractivity contribution < 1.29 is 19.1 Å². The highest BCUT2D eigenvalue weighted by Crippen LogP contribution is 2.16. The van der Waals surface area contributed by atoms with Crippen LogP contribution in [0.4, 0.5) is 10.5 Å². The molecule has 0 fully saturated rings. The van der Waals surface area contributed by atoms with E-state index in [2.05, 4.69) is 16.0 Å². The van der Waals surface area contributed by atoms with Crippen molar-refractivity contribution in [2.45, 2.75) is 19.9 Å². The highest BCUT2D eigenvalue weighted by Gasteiger charge is 2.21. The number of methoxy groups -OCH3 is 1. The van der Waals surface area contributed by atoms with E-state index in [1.807, 2.05) is 0 Å². The summed E-state index contributed by atoms with van der Waals surface area (Å²) in [5.41, 5.74) is 0.604. The molecule has 0 radical (unpaired) electrons. The van der Waals surface area contributed by atoms with Gasteiger partial charge in [0.2, 0.25) is 11.8 Å². The molecule has 24 heavy (non-hydrogen) atoms. The number of rotatable bonds is 7. The summed E-state index contributed by atoms with van der Waals surface area (Å²) >= 11 is 0. The maximum Gasteiger partial charge on any atom is 0.321 e. The number of nitrogens with zero attached hydrogens (tertiary/aromatic N) is 1. The van der Waals surface area contributed by atoms with Crippen molar-refractivity contribution in [2.75, 3.05) is 32.6 Å². The molecule has 4 amide bonds. The van der Waals surface area contributed by atoms with Gasteiger partial charge in [0.25, 0.3) is 0 Å². The minimum absolute atomic E-state index is 0.00118. The SMILES string of the molecule is CCNC(=O)NC(=O)C(C)N(C)CC(=O)Nc1cccc(OC)c1. The van der Waals surface area contributed by atoms with Crippen molar-refractivity contribution in [1.82, 2.24) is 15.5 Å². The maximum absolute atomic E-state index is 12.1. The lowest BCUT2D eigenvalue weighted by molar-refractivity contribution is -0.125. The van der Waals surface area contributed by atoms with Gasteiger partial charge in [-0.25, -0.2) is 4.79 Å². The Morgan fingerprint density at radius 2 is 2.00 bits per heavy atom. The number of urea groups is 1. The van der Waals surface area contributed by atoms with Gasteiger partial charge in [-0.05, 0) is 33.0 Å². The van der Waals surface area contributed by atoms with Gasteiger partial charge >= 0.3 is 6.03 Å². The van der Waals surface area contributed by atoms with Gasteiger partial charge in [-0.2, -0.15) is 0 Å². The molecule has 1 unspecified atom stereocenters. The quantitative estimate of drug-likeness (QED) is 0.684. The largest absolute Gasteiger partial charge is 0.497 e. The topological polar surface area (TPSA) is 99.8 Å². The van der Waals surface area contributed by atoms with Crippen LogP contribution in [-0.4, -0.2) is 56.0 Å². The van der Waals surface area contributed by atoms with Gasteiger partial charge in [-0.15, -0.1) is 0 Å². The van der Waals surface area contributed by atoms with E-state index in [-0.39, 0.29) is 12.5 Å². The number of hydrogen-bond acceptors (Lipinski definition) is 5. The lowest BCUT2D eigenvalue weighted by Gasteiger charge is -2.23. The Hall–Kier alpha value is -2.61. The van der Waals surface area contributed by atoms with Gasteiger partial charge in [-0.3, -0.25) is 19.8 Å². The molecule has 1 atom stereocenters. The summed E-state index contributed by atoms with van der Waals surface area (Å²) in [5.74, 6) is -0.114. The lowest BCUT2D eigenvalue weighted by Crippen LogP contribution is -2.49. The van der Waals surface area contributed by atoms with Crippen LogP contribution in [-0.2, 0) is 9.59 Å². The Labute approximate surface area is 141 Å². The first-order chi connectivity index (χ1) is 11.4. The van der Waals surface area contributed by atoms with Crippen LogP contribution < -0.4 is 20.7 Å². The first-order valence-corrected chi connectivity index (χ1v) is 7.60. The first-order valence-electron chi connectivity index (χ1n) is 7.60. The zero-order valence-electron chi connectivity index (χ0n) is 14.4. The third-order valence-corrected chi connectivity index (χ3v) is 3.36. The molecule has 8 nitrogen and oxygen atoms in total. The Morgan fingerprint density at radius 3 is 2.62 bits per heavy atom. The van der Waals surface area contributed by atoms with Gasteiger partial charge in [0.1, 0.15) is 5.75 Å². The number of likely N-dealkylation sites (N-methyl/N-ethyl adjacent to an activating group) is 1. The minimum atomic E-state index is -0.635. The molecule has 0 aliphatic carbocycles. The second-order valence-electron chi connectivity index (χ2n) is 5.22. The number of benzene rings is 1. The number of ether oxygens (including phenoxy) is 1. The van der Waals surface area contributed by atoms with Gasteiger partial charge in [0, 0.05) is 18.3 Å². The third kappa shape index (κ3) is 6.25. The molecule has 0 saturated heterocycles. The molecule has 1 aromatic rings. The Balaban J connectivity index is 2.52. The highest BCUT2D eigenvalue weighted by molar-refractivity contribution is 5.97. The Kier molecular flexibility index (Phi) is 7.70. The molecule has 0 aliphatic heterocycles. The van der Waals surface area contributed by atoms with Gasteiger partial charge in [-0.1, -0.05) is 6.07 Å². The van der Waals surface area contributed by atoms with E-state index in [9.17, 15) is 14.4 Å². The molecule has 0 spiro atoms. The van der Waals surface area contributed by atoms with E-state index in [0.29, 0.717) is 18.0 Å². The van der Waals surface area contributed by atoms with Crippen LogP contribution in [0.1, 0.15) is 13.8 Å². The van der Waals surface area contributed by atoms with Crippen LogP contribution >= 0.6 is 0 Å². The molecule has 3 N–H and O–H groups in total. The molecule has 8 heteroatoms. The average Bonchev–Trinajstić information content (AvgIpc) is 2.54. The second-order valence-corrected chi connectivity index (χ2v) is 5.22. The monoisotopic (exact) mass is 336 g/mol. The Bertz CT molecular complexity index is 591. The van der Waals surface area contributed by atoms with Crippen molar-refractivity contribution in [1.29, 1.82) is 0 Å². The van der Waals surface area contributed by atoms with Crippen LogP contribution in [0.3, 0.4) is 0 Å². The fourth-order valence-electron chi connectivity index (χ4n) is 1.89. The van der Waals surface area contributed by atoms with Crippen molar-refractivity contribution in [2.24, 2.45) is 0 Å². The van der Waals surface area contributed by atoms with Crippen molar-refractivity contribution in [3.8, 4) is 5.75 Å². The zero-order chi connectivity index (χ0) is 18.1. The summed E-state index contributed by atoms with van der Waals surface area (Å²) in [6.07, 6.45) is 0. The fraction of sp³-hybridized carbons (Fsp3) is 0.438. The molecule has 0 saturated carbocycles. The summed E-state index contributed by atoms with van der Waals surface area (Å²) < 4.78 is 5.09. The molecular weight excluding hydrogens is 312 g/mol. The number of carbonyl (C=O) groups excluding carboxylic acids is 3. The molecule has 1 aromatic carbocycles. The summed E-state index contributed by atoms with van der Waals surface area (Å²) in [6, 6.07) is 5.79. The zero-order valence-corrected chi connectivity index (χ0v) is 14.4. The molecule has 0 heterocycles. The molecular formula is C16H24N4O4. The van der Waals surface area contributed by atoms with Crippen LogP contribution in [0.2, 0.25) is 0 Å². The number of hydrogen-bond donors (Lipinski definition) is 3. The third-order valence-electron chi connectivity index (χ3n) is 3.36. The minimum Gasteiger partial charge on any atom is -0.497 e. The molecule has 0 bridgehead atoms. The summed E-state index contributed by atoms with van der Waals surface area (Å²) in [4.78, 5) is 36.9. The number of imide groups is 1. The predicted octanol–water partition coefficient (Wildman–Crippen LogP) is 0.800. The van der Waals surface area contributed by atoms with E-state index >= 15 is 0 Å². The van der Waals surface area contributed by atoms with E-state index in [1.165, 1.54) is 0 Å². The van der Waals surface area contributed by atoms with Gasteiger partial charge in [0.05, 0.1) is 19.7 Å². The van der Waals surface area contributed by atoms with Crippen molar-refractivity contribution in [3.63, 3.8) is 0 Å². The van der Waals surface area contributed by atoms with Crippen LogP contribution in [0.5, 0.6) is 5.75 Å². The lowest BCUT2D eigenvalue weighted by atomic mass is 10.2. The summed E-state index contributed by atoms with van der Waals surface area (Å²) in [5, 5.41) is 7.43. The molecule has 132 valence electrons. The standard InChI is InChI=1S/C16H24N4O4/c1-5-17-16(23)19-15(22)11(2)20(3)10-14(21)18-12-7-6-8-13(9-12)24-4/h6-9,11H,5,10H2,1-4H3,(H,18,21)(H2,17,19,22,23). The number of anilines is 1. The van der Waals surface area contributed by atoms with E-state index < -0.39 is 18.0 Å². The normalized spacial score (nSPS) is 11.5. The maximum atomic E-state index is 12.1. The van der Waals surface area contributed by atoms with Crippen molar-refractivity contribution in [3.05, 3.63) is 24.3 Å². The van der Waals surface area contributed by atoms with Crippen LogP contribution in [0, 0.1) is 0 Å². The van der Waals surface area contributed by atoms with Gasteiger partial charge < -0.3 is 15.4 Å². The highest BCUT2D eigenvalue weighted by atomic mass is 16.5. The van der Waals surface area contributed by atoms with E-state index in [4.69, 9.17) is 4.74 Å². The molecule has 0 aromatic heterocycles. The second kappa shape index (κ2) is 9.51. The smallest absolute Gasteiger partial charge is 0.321 e.